The van der Waals surface area contributed by atoms with Crippen molar-refractivity contribution in [2.75, 3.05) is 33.4 Å². The summed E-state index contributed by atoms with van der Waals surface area (Å²) in [4.78, 5) is 18.4. The maximum Gasteiger partial charge on any atom is 0.410 e. The van der Waals surface area contributed by atoms with Gasteiger partial charge in [-0.25, -0.2) is 14.2 Å². The zero-order chi connectivity index (χ0) is 27.8. The number of nitrogens with one attached hydrogen (secondary N) is 1. The number of rotatable bonds is 5. The van der Waals surface area contributed by atoms with Crippen LogP contribution in [0.1, 0.15) is 50.4 Å². The lowest BCUT2D eigenvalue weighted by molar-refractivity contribution is -0.662. The van der Waals surface area contributed by atoms with Crippen molar-refractivity contribution in [3.63, 3.8) is 0 Å². The molecule has 0 saturated carbocycles. The number of hydrogen-bond acceptors (Lipinski definition) is 6. The predicted molar refractivity (Wildman–Crippen MR) is 142 cm³/mol. The SMILES string of the molecule is COc1ncc(-[n+]2[nH]c(-c3cnn(CC4(F)CCN(C(=O)OC(C)(C)C)CC4)c3)c3c2CCOCC3)cc1C. The van der Waals surface area contributed by atoms with E-state index in [1.165, 1.54) is 5.56 Å². The molecule has 0 aliphatic carbocycles. The van der Waals surface area contributed by atoms with Gasteiger partial charge < -0.3 is 19.1 Å². The highest BCUT2D eigenvalue weighted by Crippen LogP contribution is 2.31. The fourth-order valence-electron chi connectivity index (χ4n) is 5.29. The number of methoxy groups -OCH3 is 1. The van der Waals surface area contributed by atoms with E-state index in [-0.39, 0.29) is 19.4 Å². The molecule has 0 aromatic carbocycles. The molecule has 2 aliphatic rings. The summed E-state index contributed by atoms with van der Waals surface area (Å²) in [7, 11) is 1.61. The van der Waals surface area contributed by atoms with E-state index in [0.29, 0.717) is 32.2 Å². The second-order valence-corrected chi connectivity index (χ2v) is 11.4. The molecule has 0 atom stereocenters. The molecule has 2 aliphatic heterocycles. The third-order valence-electron chi connectivity index (χ3n) is 7.27. The molecule has 3 aromatic heterocycles. The molecule has 1 N–H and O–H groups in total. The molecule has 0 radical (unpaired) electrons. The molecule has 39 heavy (non-hydrogen) atoms. The molecule has 0 bridgehead atoms. The van der Waals surface area contributed by atoms with Gasteiger partial charge in [0.15, 0.2) is 0 Å². The van der Waals surface area contributed by atoms with Gasteiger partial charge in [0.25, 0.3) is 5.69 Å². The molecular formula is C28H38FN6O4+. The number of halogens is 1. The van der Waals surface area contributed by atoms with Gasteiger partial charge in [0.1, 0.15) is 23.2 Å². The first kappa shape index (κ1) is 27.1. The zero-order valence-corrected chi connectivity index (χ0v) is 23.4. The summed E-state index contributed by atoms with van der Waals surface area (Å²) in [5, 5.41) is 8.06. The summed E-state index contributed by atoms with van der Waals surface area (Å²) in [6.45, 7) is 9.49. The number of aryl methyl sites for hydroxylation is 1. The minimum absolute atomic E-state index is 0.128. The number of pyridine rings is 1. The van der Waals surface area contributed by atoms with Gasteiger partial charge in [-0.1, -0.05) is 4.68 Å². The van der Waals surface area contributed by atoms with Crippen LogP contribution < -0.4 is 9.42 Å². The standard InChI is InChI=1S/C28H37FN6O4/c1-19-14-21(16-30-25(19)37-5)35-23-7-13-38-12-6-22(23)24(32-35)20-15-31-34(17-20)18-28(29)8-10-33(11-9-28)26(36)39-27(2,3)4/h14-17H,6-13,18H2,1-5H3/p+1. The van der Waals surface area contributed by atoms with E-state index in [4.69, 9.17) is 14.2 Å². The number of aromatic nitrogens is 5. The molecule has 0 spiro atoms. The van der Waals surface area contributed by atoms with Crippen LogP contribution in [-0.2, 0) is 28.9 Å². The van der Waals surface area contributed by atoms with Crippen molar-refractivity contribution >= 4 is 6.09 Å². The van der Waals surface area contributed by atoms with Gasteiger partial charge >= 0.3 is 6.09 Å². The van der Waals surface area contributed by atoms with E-state index in [1.807, 2.05) is 40.0 Å². The smallest absolute Gasteiger partial charge is 0.410 e. The Labute approximate surface area is 228 Å². The van der Waals surface area contributed by atoms with Crippen molar-refractivity contribution in [2.45, 2.75) is 71.2 Å². The zero-order valence-electron chi connectivity index (χ0n) is 23.4. The van der Waals surface area contributed by atoms with Gasteiger partial charge in [-0.05, 0) is 27.7 Å². The largest absolute Gasteiger partial charge is 0.481 e. The summed E-state index contributed by atoms with van der Waals surface area (Å²) < 4.78 is 36.1. The number of nitrogens with zero attached hydrogens (tertiary/aromatic N) is 5. The first-order valence-corrected chi connectivity index (χ1v) is 13.5. The minimum atomic E-state index is -1.45. The monoisotopic (exact) mass is 541 g/mol. The number of fused-ring (bicyclic) bond motifs is 1. The molecule has 3 aromatic rings. The van der Waals surface area contributed by atoms with Crippen molar-refractivity contribution in [2.24, 2.45) is 0 Å². The first-order valence-electron chi connectivity index (χ1n) is 13.5. The molecule has 0 unspecified atom stereocenters. The van der Waals surface area contributed by atoms with Crippen LogP contribution in [0.25, 0.3) is 16.9 Å². The number of ether oxygens (including phenoxy) is 3. The number of hydrogen-bond donors (Lipinski definition) is 1. The summed E-state index contributed by atoms with van der Waals surface area (Å²) >= 11 is 0. The normalized spacial score (nSPS) is 17.4. The quantitative estimate of drug-likeness (QED) is 0.495. The van der Waals surface area contributed by atoms with Gasteiger partial charge in [-0.3, -0.25) is 4.68 Å². The number of H-pyrrole nitrogens is 1. The second-order valence-electron chi connectivity index (χ2n) is 11.4. The van der Waals surface area contributed by atoms with E-state index in [1.54, 1.807) is 29.1 Å². The van der Waals surface area contributed by atoms with Gasteiger partial charge in [-0.2, -0.15) is 10.2 Å². The first-order chi connectivity index (χ1) is 18.5. The van der Waals surface area contributed by atoms with Gasteiger partial charge in [-0.15, -0.1) is 0 Å². The van der Waals surface area contributed by atoms with Crippen LogP contribution in [0, 0.1) is 6.92 Å². The topological polar surface area (TPSA) is 98.4 Å². The summed E-state index contributed by atoms with van der Waals surface area (Å²) in [5.41, 5.74) is 3.97. The Hall–Kier alpha value is -3.47. The maximum absolute atomic E-state index is 15.8. The van der Waals surface area contributed by atoms with E-state index in [9.17, 15) is 4.79 Å². The number of alkyl halides is 1. The van der Waals surface area contributed by atoms with Crippen LogP contribution in [0.2, 0.25) is 0 Å². The van der Waals surface area contributed by atoms with Crippen LogP contribution in [0.4, 0.5) is 9.18 Å². The molecular weight excluding hydrogens is 503 g/mol. The van der Waals surface area contributed by atoms with Crippen molar-refractivity contribution in [3.05, 3.63) is 41.5 Å². The molecule has 11 heteroatoms. The summed E-state index contributed by atoms with van der Waals surface area (Å²) in [6, 6.07) is 2.04. The average molecular weight is 542 g/mol. The van der Waals surface area contributed by atoms with E-state index in [0.717, 1.165) is 41.0 Å². The highest BCUT2D eigenvalue weighted by atomic mass is 19.1. The predicted octanol–water partition coefficient (Wildman–Crippen LogP) is 3.72. The van der Waals surface area contributed by atoms with Crippen LogP contribution in [-0.4, -0.2) is 75.5 Å². The number of likely N-dealkylation sites (tertiary alicyclic amines) is 1. The molecule has 1 amide bonds. The second kappa shape index (κ2) is 10.6. The Kier molecular flexibility index (Phi) is 7.37. The Morgan fingerprint density at radius 3 is 2.67 bits per heavy atom. The number of carbonyl (C=O) groups excluding carboxylic acids is 1. The fraction of sp³-hybridized carbons (Fsp3) is 0.571. The van der Waals surface area contributed by atoms with Gasteiger partial charge in [0.2, 0.25) is 11.6 Å². The lowest BCUT2D eigenvalue weighted by Crippen LogP contribution is -2.47. The van der Waals surface area contributed by atoms with Crippen molar-refractivity contribution < 1.29 is 28.1 Å². The Morgan fingerprint density at radius 2 is 1.97 bits per heavy atom. The number of amides is 1. The maximum atomic E-state index is 15.8. The molecule has 5 rings (SSSR count). The van der Waals surface area contributed by atoms with E-state index >= 15 is 4.39 Å². The summed E-state index contributed by atoms with van der Waals surface area (Å²) in [6.07, 6.45) is 7.06. The highest BCUT2D eigenvalue weighted by molar-refractivity contribution is 5.68. The van der Waals surface area contributed by atoms with Crippen molar-refractivity contribution in [1.29, 1.82) is 0 Å². The van der Waals surface area contributed by atoms with Crippen molar-refractivity contribution in [3.8, 4) is 22.8 Å². The van der Waals surface area contributed by atoms with Gasteiger partial charge in [0.05, 0.1) is 45.0 Å². The molecule has 5 heterocycles. The van der Waals surface area contributed by atoms with Crippen molar-refractivity contribution in [1.82, 2.24) is 24.8 Å². The third kappa shape index (κ3) is 5.93. The Balaban J connectivity index is 1.35. The fourth-order valence-corrected chi connectivity index (χ4v) is 5.29. The van der Waals surface area contributed by atoms with Gasteiger partial charge in [0, 0.05) is 55.7 Å². The van der Waals surface area contributed by atoms with Crippen LogP contribution in [0.3, 0.4) is 0 Å². The van der Waals surface area contributed by atoms with Crippen LogP contribution >= 0.6 is 0 Å². The number of aromatic amines is 1. The Morgan fingerprint density at radius 1 is 1.23 bits per heavy atom. The molecule has 1 fully saturated rings. The van der Waals surface area contributed by atoms with Crippen LogP contribution in [0.5, 0.6) is 5.88 Å². The van der Waals surface area contributed by atoms with E-state index < -0.39 is 17.4 Å². The molecule has 210 valence electrons. The summed E-state index contributed by atoms with van der Waals surface area (Å²) in [5.74, 6) is 0.596. The number of piperidine rings is 1. The Bertz CT molecular complexity index is 1340. The molecule has 1 saturated heterocycles. The van der Waals surface area contributed by atoms with Crippen LogP contribution in [0.15, 0.2) is 24.7 Å². The lowest BCUT2D eigenvalue weighted by atomic mass is 9.93. The number of carbonyl (C=O) groups is 1. The molecule has 10 nitrogen and oxygen atoms in total. The lowest BCUT2D eigenvalue weighted by Gasteiger charge is -2.36. The van der Waals surface area contributed by atoms with E-state index in [2.05, 4.69) is 19.9 Å². The average Bonchev–Trinajstić information content (AvgIpc) is 3.39. The highest BCUT2D eigenvalue weighted by Gasteiger charge is 2.38. The minimum Gasteiger partial charge on any atom is -0.481 e. The third-order valence-corrected chi connectivity index (χ3v) is 7.27.